The second-order valence-corrected chi connectivity index (χ2v) is 5.92. The molecule has 0 atom stereocenters. The molecule has 2 aromatic carbocycles. The molecule has 2 N–H and O–H groups in total. The molecule has 0 aliphatic heterocycles. The first-order chi connectivity index (χ1) is 10.9. The molecular formula is C16H14Cl3NO3. The van der Waals surface area contributed by atoms with Crippen LogP contribution in [0.1, 0.15) is 15.9 Å². The minimum Gasteiger partial charge on any atom is -0.505 e. The number of halogens is 3. The van der Waals surface area contributed by atoms with Gasteiger partial charge < -0.3 is 15.2 Å². The van der Waals surface area contributed by atoms with Crippen LogP contribution in [0.25, 0.3) is 0 Å². The summed E-state index contributed by atoms with van der Waals surface area (Å²) in [7, 11) is 1.60. The summed E-state index contributed by atoms with van der Waals surface area (Å²) in [6.45, 7) is 0.366. The van der Waals surface area contributed by atoms with Gasteiger partial charge >= 0.3 is 0 Å². The molecule has 0 aromatic heterocycles. The summed E-state index contributed by atoms with van der Waals surface area (Å²) in [5.74, 6) is -0.156. The fraction of sp³-hybridized carbons (Fsp3) is 0.188. The number of phenols is 1. The van der Waals surface area contributed by atoms with Crippen LogP contribution in [0.15, 0.2) is 30.3 Å². The van der Waals surface area contributed by atoms with Crippen LogP contribution in [0, 0.1) is 0 Å². The number of aromatic hydroxyl groups is 1. The maximum Gasteiger partial charge on any atom is 0.256 e. The summed E-state index contributed by atoms with van der Waals surface area (Å²) >= 11 is 17.7. The van der Waals surface area contributed by atoms with Crippen molar-refractivity contribution in [1.82, 2.24) is 5.32 Å². The molecule has 0 aliphatic carbocycles. The largest absolute Gasteiger partial charge is 0.505 e. The predicted molar refractivity (Wildman–Crippen MR) is 92.2 cm³/mol. The molecule has 7 heteroatoms. The minimum absolute atomic E-state index is 0.0281. The molecule has 0 saturated carbocycles. The van der Waals surface area contributed by atoms with Gasteiger partial charge in [-0.1, -0.05) is 46.9 Å². The van der Waals surface area contributed by atoms with Crippen molar-refractivity contribution in [3.05, 3.63) is 56.5 Å². The van der Waals surface area contributed by atoms with E-state index in [-0.39, 0.29) is 26.4 Å². The van der Waals surface area contributed by atoms with Gasteiger partial charge in [0.2, 0.25) is 0 Å². The van der Waals surface area contributed by atoms with Gasteiger partial charge in [-0.05, 0) is 30.2 Å². The molecule has 122 valence electrons. The Morgan fingerprint density at radius 3 is 2.43 bits per heavy atom. The van der Waals surface area contributed by atoms with E-state index in [4.69, 9.17) is 39.5 Å². The number of phenolic OH excluding ortho intramolecular Hbond substituents is 1. The Balaban J connectivity index is 2.02. The third-order valence-corrected chi connectivity index (χ3v) is 4.31. The Morgan fingerprint density at radius 1 is 1.17 bits per heavy atom. The lowest BCUT2D eigenvalue weighted by molar-refractivity contribution is 0.0951. The number of hydrogen-bond acceptors (Lipinski definition) is 3. The number of carbonyl (C=O) groups excluding carboxylic acids is 1. The van der Waals surface area contributed by atoms with Crippen LogP contribution in [0.5, 0.6) is 11.5 Å². The molecule has 0 heterocycles. The van der Waals surface area contributed by atoms with Crippen molar-refractivity contribution >= 4 is 40.7 Å². The molecule has 0 aliphatic rings. The highest BCUT2D eigenvalue weighted by Crippen LogP contribution is 2.38. The predicted octanol–water partition coefficient (Wildman–Crippen LogP) is 4.33. The second-order valence-electron chi connectivity index (χ2n) is 4.73. The van der Waals surface area contributed by atoms with E-state index in [0.29, 0.717) is 13.0 Å². The number of carbonyl (C=O) groups is 1. The zero-order valence-electron chi connectivity index (χ0n) is 12.2. The molecule has 1 amide bonds. The summed E-state index contributed by atoms with van der Waals surface area (Å²) in [5.41, 5.74) is 0.907. The molecule has 0 radical (unpaired) electrons. The molecule has 0 spiro atoms. The van der Waals surface area contributed by atoms with E-state index in [1.165, 1.54) is 6.07 Å². The van der Waals surface area contributed by atoms with Crippen molar-refractivity contribution in [2.24, 2.45) is 0 Å². The fourth-order valence-electron chi connectivity index (χ4n) is 1.99. The number of benzene rings is 2. The first kappa shape index (κ1) is 17.7. The Kier molecular flexibility index (Phi) is 5.99. The molecule has 0 saturated heterocycles. The Morgan fingerprint density at radius 2 is 1.83 bits per heavy atom. The fourth-order valence-corrected chi connectivity index (χ4v) is 2.69. The molecule has 0 unspecified atom stereocenters. The standard InChI is InChI=1S/C16H14Cl3NO3/c1-23-10-4-2-9(3-5-10)6-7-20-16(22)13-14(19)11(17)8-12(18)15(13)21/h2-5,8,21H,6-7H2,1H3,(H,20,22). The van der Waals surface area contributed by atoms with Gasteiger partial charge in [0, 0.05) is 6.54 Å². The summed E-state index contributed by atoms with van der Waals surface area (Å²) in [6.07, 6.45) is 0.614. The number of rotatable bonds is 5. The maximum atomic E-state index is 12.2. The van der Waals surface area contributed by atoms with Gasteiger partial charge in [-0.25, -0.2) is 0 Å². The Hall–Kier alpha value is -1.62. The van der Waals surface area contributed by atoms with Crippen molar-refractivity contribution < 1.29 is 14.6 Å². The number of amides is 1. The van der Waals surface area contributed by atoms with Gasteiger partial charge in [-0.3, -0.25) is 4.79 Å². The average molecular weight is 375 g/mol. The molecule has 2 aromatic rings. The van der Waals surface area contributed by atoms with Gasteiger partial charge in [-0.2, -0.15) is 0 Å². The van der Waals surface area contributed by atoms with Crippen LogP contribution in [0.4, 0.5) is 0 Å². The highest BCUT2D eigenvalue weighted by atomic mass is 35.5. The summed E-state index contributed by atoms with van der Waals surface area (Å²) in [6, 6.07) is 8.79. The van der Waals surface area contributed by atoms with E-state index in [0.717, 1.165) is 11.3 Å². The summed E-state index contributed by atoms with van der Waals surface area (Å²) in [4.78, 5) is 12.2. The molecule has 2 rings (SSSR count). The molecule has 0 fully saturated rings. The van der Waals surface area contributed by atoms with Crippen molar-refractivity contribution in [2.75, 3.05) is 13.7 Å². The van der Waals surface area contributed by atoms with E-state index in [1.54, 1.807) is 7.11 Å². The van der Waals surface area contributed by atoms with Crippen LogP contribution in [-0.2, 0) is 6.42 Å². The quantitative estimate of drug-likeness (QED) is 0.766. The van der Waals surface area contributed by atoms with Crippen molar-refractivity contribution in [2.45, 2.75) is 6.42 Å². The molecule has 0 bridgehead atoms. The Labute approximate surface area is 148 Å². The summed E-state index contributed by atoms with van der Waals surface area (Å²) < 4.78 is 5.08. The number of hydrogen-bond donors (Lipinski definition) is 2. The normalized spacial score (nSPS) is 10.4. The van der Waals surface area contributed by atoms with Crippen LogP contribution >= 0.6 is 34.8 Å². The van der Waals surface area contributed by atoms with Crippen LogP contribution in [0.2, 0.25) is 15.1 Å². The minimum atomic E-state index is -0.537. The molecule has 23 heavy (non-hydrogen) atoms. The zero-order valence-corrected chi connectivity index (χ0v) is 14.5. The lowest BCUT2D eigenvalue weighted by Crippen LogP contribution is -2.26. The van der Waals surface area contributed by atoms with Gasteiger partial charge in [0.15, 0.2) is 0 Å². The third kappa shape index (κ3) is 4.22. The molecule has 4 nitrogen and oxygen atoms in total. The number of methoxy groups -OCH3 is 1. The number of nitrogens with one attached hydrogen (secondary N) is 1. The van der Waals surface area contributed by atoms with Crippen molar-refractivity contribution in [3.63, 3.8) is 0 Å². The first-order valence-electron chi connectivity index (χ1n) is 6.71. The van der Waals surface area contributed by atoms with Crippen molar-refractivity contribution in [3.8, 4) is 11.5 Å². The van der Waals surface area contributed by atoms with Crippen LogP contribution in [0.3, 0.4) is 0 Å². The smallest absolute Gasteiger partial charge is 0.256 e. The first-order valence-corrected chi connectivity index (χ1v) is 7.85. The highest BCUT2D eigenvalue weighted by molar-refractivity contribution is 6.45. The number of ether oxygens (including phenoxy) is 1. The van der Waals surface area contributed by atoms with E-state index in [2.05, 4.69) is 5.32 Å². The maximum absolute atomic E-state index is 12.2. The van der Waals surface area contributed by atoms with Crippen molar-refractivity contribution in [1.29, 1.82) is 0 Å². The van der Waals surface area contributed by atoms with E-state index in [1.807, 2.05) is 24.3 Å². The van der Waals surface area contributed by atoms with Crippen LogP contribution < -0.4 is 10.1 Å². The lowest BCUT2D eigenvalue weighted by atomic mass is 10.1. The highest BCUT2D eigenvalue weighted by Gasteiger charge is 2.20. The average Bonchev–Trinajstić information content (AvgIpc) is 2.54. The summed E-state index contributed by atoms with van der Waals surface area (Å²) in [5, 5.41) is 12.6. The van der Waals surface area contributed by atoms with Gasteiger partial charge in [-0.15, -0.1) is 0 Å². The van der Waals surface area contributed by atoms with E-state index < -0.39 is 5.91 Å². The lowest BCUT2D eigenvalue weighted by Gasteiger charge is -2.11. The third-order valence-electron chi connectivity index (χ3n) is 3.23. The van der Waals surface area contributed by atoms with E-state index in [9.17, 15) is 9.90 Å². The monoisotopic (exact) mass is 373 g/mol. The SMILES string of the molecule is COc1ccc(CCNC(=O)c2c(O)c(Cl)cc(Cl)c2Cl)cc1. The molecular weight excluding hydrogens is 361 g/mol. The van der Waals surface area contributed by atoms with Gasteiger partial charge in [0.1, 0.15) is 17.1 Å². The topological polar surface area (TPSA) is 58.6 Å². The van der Waals surface area contributed by atoms with Gasteiger partial charge in [0.05, 0.1) is 22.2 Å². The van der Waals surface area contributed by atoms with Gasteiger partial charge in [0.25, 0.3) is 5.91 Å². The Bertz CT molecular complexity index is 691. The second kappa shape index (κ2) is 7.77. The van der Waals surface area contributed by atoms with E-state index >= 15 is 0 Å². The van der Waals surface area contributed by atoms with Crippen LogP contribution in [-0.4, -0.2) is 24.7 Å². The zero-order chi connectivity index (χ0) is 17.0.